The van der Waals surface area contributed by atoms with E-state index in [4.69, 9.17) is 0 Å². The number of likely N-dealkylation sites (N-methyl/N-ethyl adjacent to an activating group) is 1. The summed E-state index contributed by atoms with van der Waals surface area (Å²) in [5, 5.41) is 3.02. The summed E-state index contributed by atoms with van der Waals surface area (Å²) in [4.78, 5) is 33.1. The highest BCUT2D eigenvalue weighted by Crippen LogP contribution is 2.22. The van der Waals surface area contributed by atoms with Gasteiger partial charge in [0.25, 0.3) is 5.91 Å². The number of nitrogens with zero attached hydrogens (tertiary/aromatic N) is 3. The van der Waals surface area contributed by atoms with Crippen LogP contribution in [0.2, 0.25) is 0 Å². The lowest BCUT2D eigenvalue weighted by molar-refractivity contribution is -0.136. The molecule has 2 amide bonds. The highest BCUT2D eigenvalue weighted by atomic mass is 16.2. The van der Waals surface area contributed by atoms with Gasteiger partial charge in [-0.25, -0.2) is 0 Å². The SMILES string of the molecule is CC(C)C(NC(=O)c1ccc(C(C)(C)C)cc1)C(=O)N1CCN(C2CCCN(C)C2)CC1. The van der Waals surface area contributed by atoms with Crippen molar-refractivity contribution >= 4 is 11.8 Å². The van der Waals surface area contributed by atoms with E-state index in [0.29, 0.717) is 11.6 Å². The van der Waals surface area contributed by atoms with Gasteiger partial charge in [-0.3, -0.25) is 14.5 Å². The van der Waals surface area contributed by atoms with Crippen molar-refractivity contribution in [1.82, 2.24) is 20.0 Å². The summed E-state index contributed by atoms with van der Waals surface area (Å²) >= 11 is 0. The molecule has 2 unspecified atom stereocenters. The summed E-state index contributed by atoms with van der Waals surface area (Å²) in [7, 11) is 2.19. The summed E-state index contributed by atoms with van der Waals surface area (Å²) in [6.45, 7) is 16.1. The highest BCUT2D eigenvalue weighted by Gasteiger charge is 2.33. The number of likely N-dealkylation sites (tertiary alicyclic amines) is 1. The van der Waals surface area contributed by atoms with Crippen LogP contribution >= 0.6 is 0 Å². The number of amides is 2. The molecule has 0 radical (unpaired) electrons. The van der Waals surface area contributed by atoms with Crippen molar-refractivity contribution in [2.45, 2.75) is 65.0 Å². The fraction of sp³-hybridized carbons (Fsp3) is 0.692. The van der Waals surface area contributed by atoms with E-state index in [9.17, 15) is 9.59 Å². The number of carbonyl (C=O) groups is 2. The fourth-order valence-corrected chi connectivity index (χ4v) is 4.80. The Kier molecular flexibility index (Phi) is 7.99. The van der Waals surface area contributed by atoms with Crippen LogP contribution in [0.5, 0.6) is 0 Å². The average molecular weight is 443 g/mol. The fourth-order valence-electron chi connectivity index (χ4n) is 4.80. The molecule has 0 aromatic heterocycles. The minimum Gasteiger partial charge on any atom is -0.340 e. The molecule has 0 aliphatic carbocycles. The van der Waals surface area contributed by atoms with Gasteiger partial charge >= 0.3 is 0 Å². The van der Waals surface area contributed by atoms with Crippen LogP contribution in [0.25, 0.3) is 0 Å². The number of piperidine rings is 1. The van der Waals surface area contributed by atoms with Crippen LogP contribution in [0.3, 0.4) is 0 Å². The predicted octanol–water partition coefficient (Wildman–Crippen LogP) is 2.98. The number of piperazine rings is 1. The van der Waals surface area contributed by atoms with E-state index >= 15 is 0 Å². The predicted molar refractivity (Wildman–Crippen MR) is 130 cm³/mol. The van der Waals surface area contributed by atoms with Crippen molar-refractivity contribution in [3.63, 3.8) is 0 Å². The van der Waals surface area contributed by atoms with E-state index in [0.717, 1.165) is 32.7 Å². The monoisotopic (exact) mass is 442 g/mol. The number of carbonyl (C=O) groups excluding carboxylic acids is 2. The standard InChI is InChI=1S/C26H42N4O2/c1-19(2)23(27-24(31)20-9-11-21(12-10-20)26(3,4)5)25(32)30-16-14-29(15-17-30)22-8-7-13-28(6)18-22/h9-12,19,22-23H,7-8,13-18H2,1-6H3,(H,27,31). The Morgan fingerprint density at radius 1 is 1.00 bits per heavy atom. The third kappa shape index (κ3) is 6.10. The molecule has 2 fully saturated rings. The van der Waals surface area contributed by atoms with Crippen molar-refractivity contribution in [3.05, 3.63) is 35.4 Å². The lowest BCUT2D eigenvalue weighted by Crippen LogP contribution is -2.59. The molecule has 178 valence electrons. The first-order chi connectivity index (χ1) is 15.1. The van der Waals surface area contributed by atoms with E-state index in [-0.39, 0.29) is 23.1 Å². The smallest absolute Gasteiger partial charge is 0.251 e. The topological polar surface area (TPSA) is 55.9 Å². The van der Waals surface area contributed by atoms with Gasteiger partial charge in [0.1, 0.15) is 6.04 Å². The molecule has 2 aliphatic heterocycles. The van der Waals surface area contributed by atoms with Gasteiger partial charge < -0.3 is 15.1 Å². The maximum atomic E-state index is 13.3. The number of nitrogens with one attached hydrogen (secondary N) is 1. The van der Waals surface area contributed by atoms with Crippen molar-refractivity contribution in [2.75, 3.05) is 46.3 Å². The lowest BCUT2D eigenvalue weighted by Gasteiger charge is -2.43. The van der Waals surface area contributed by atoms with Gasteiger partial charge in [-0.1, -0.05) is 46.8 Å². The van der Waals surface area contributed by atoms with Crippen molar-refractivity contribution < 1.29 is 9.59 Å². The van der Waals surface area contributed by atoms with Gasteiger partial charge in [-0.05, 0) is 55.5 Å². The molecule has 6 heteroatoms. The molecule has 1 aromatic carbocycles. The second kappa shape index (κ2) is 10.3. The first-order valence-corrected chi connectivity index (χ1v) is 12.2. The second-order valence-corrected chi connectivity index (χ2v) is 10.9. The first-order valence-electron chi connectivity index (χ1n) is 12.2. The van der Waals surface area contributed by atoms with Crippen LogP contribution < -0.4 is 5.32 Å². The molecule has 0 saturated carbocycles. The van der Waals surface area contributed by atoms with Crippen LogP contribution in [-0.2, 0) is 10.2 Å². The van der Waals surface area contributed by atoms with Gasteiger partial charge in [0.05, 0.1) is 0 Å². The molecule has 3 rings (SSSR count). The zero-order valence-corrected chi connectivity index (χ0v) is 20.9. The van der Waals surface area contributed by atoms with E-state index in [1.54, 1.807) is 0 Å². The van der Waals surface area contributed by atoms with Crippen molar-refractivity contribution in [3.8, 4) is 0 Å². The average Bonchev–Trinajstić information content (AvgIpc) is 2.76. The Labute approximate surface area is 194 Å². The zero-order valence-electron chi connectivity index (χ0n) is 20.9. The number of benzene rings is 1. The normalized spacial score (nSPS) is 22.1. The number of hydrogen-bond acceptors (Lipinski definition) is 4. The molecule has 2 atom stereocenters. The highest BCUT2D eigenvalue weighted by molar-refractivity contribution is 5.97. The van der Waals surface area contributed by atoms with E-state index in [1.165, 1.54) is 24.9 Å². The van der Waals surface area contributed by atoms with Crippen LogP contribution in [0.15, 0.2) is 24.3 Å². The molecule has 0 spiro atoms. The number of rotatable bonds is 5. The minimum absolute atomic E-state index is 0.0327. The van der Waals surface area contributed by atoms with Crippen molar-refractivity contribution in [2.24, 2.45) is 5.92 Å². The summed E-state index contributed by atoms with van der Waals surface area (Å²) in [5.41, 5.74) is 1.83. The summed E-state index contributed by atoms with van der Waals surface area (Å²) in [6, 6.07) is 7.82. The van der Waals surface area contributed by atoms with Crippen LogP contribution in [0, 0.1) is 5.92 Å². The van der Waals surface area contributed by atoms with Gasteiger partial charge in [0.2, 0.25) is 5.91 Å². The largest absolute Gasteiger partial charge is 0.340 e. The molecule has 6 nitrogen and oxygen atoms in total. The minimum atomic E-state index is -0.503. The molecule has 0 bridgehead atoms. The Hall–Kier alpha value is -1.92. The third-order valence-electron chi connectivity index (χ3n) is 6.97. The summed E-state index contributed by atoms with van der Waals surface area (Å²) < 4.78 is 0. The molecular weight excluding hydrogens is 400 g/mol. The Bertz CT molecular complexity index is 776. The molecule has 1 aromatic rings. The Balaban J connectivity index is 1.58. The Morgan fingerprint density at radius 2 is 1.62 bits per heavy atom. The van der Waals surface area contributed by atoms with Gasteiger partial charge in [0.15, 0.2) is 0 Å². The van der Waals surface area contributed by atoms with Crippen LogP contribution in [0.1, 0.15) is 63.4 Å². The first kappa shape index (κ1) is 24.7. The maximum absolute atomic E-state index is 13.3. The van der Waals surface area contributed by atoms with Crippen molar-refractivity contribution in [1.29, 1.82) is 0 Å². The van der Waals surface area contributed by atoms with E-state index in [1.807, 2.05) is 43.0 Å². The summed E-state index contributed by atoms with van der Waals surface area (Å²) in [6.07, 6.45) is 2.50. The van der Waals surface area contributed by atoms with Gasteiger partial charge in [-0.15, -0.1) is 0 Å². The molecule has 2 heterocycles. The Morgan fingerprint density at radius 3 is 2.16 bits per heavy atom. The second-order valence-electron chi connectivity index (χ2n) is 10.9. The maximum Gasteiger partial charge on any atom is 0.251 e. The van der Waals surface area contributed by atoms with E-state index < -0.39 is 6.04 Å². The van der Waals surface area contributed by atoms with Crippen LogP contribution in [-0.4, -0.2) is 84.9 Å². The molecule has 32 heavy (non-hydrogen) atoms. The molecule has 1 N–H and O–H groups in total. The number of hydrogen-bond donors (Lipinski definition) is 1. The van der Waals surface area contributed by atoms with Crippen LogP contribution in [0.4, 0.5) is 0 Å². The lowest BCUT2D eigenvalue weighted by atomic mass is 9.86. The van der Waals surface area contributed by atoms with Gasteiger partial charge in [0, 0.05) is 44.3 Å². The molecular formula is C26H42N4O2. The molecule has 2 saturated heterocycles. The summed E-state index contributed by atoms with van der Waals surface area (Å²) in [5.74, 6) is -0.105. The molecule has 2 aliphatic rings. The van der Waals surface area contributed by atoms with Gasteiger partial charge in [-0.2, -0.15) is 0 Å². The van der Waals surface area contributed by atoms with E-state index in [2.05, 4.69) is 42.9 Å². The zero-order chi connectivity index (χ0) is 23.5. The quantitative estimate of drug-likeness (QED) is 0.762. The third-order valence-corrected chi connectivity index (χ3v) is 6.97.